The van der Waals surface area contributed by atoms with Gasteiger partial charge in [-0.05, 0) is 30.3 Å². The summed E-state index contributed by atoms with van der Waals surface area (Å²) in [6.07, 6.45) is 1.53. The molecule has 0 aliphatic carbocycles. The fraction of sp³-hybridized carbons (Fsp3) is 0.125. The lowest BCUT2D eigenvalue weighted by Crippen LogP contribution is -2.23. The van der Waals surface area contributed by atoms with Gasteiger partial charge in [0.2, 0.25) is 11.8 Å². The van der Waals surface area contributed by atoms with Crippen molar-refractivity contribution in [1.29, 1.82) is 0 Å². The van der Waals surface area contributed by atoms with E-state index in [1.165, 1.54) is 16.8 Å². The summed E-state index contributed by atoms with van der Waals surface area (Å²) in [6, 6.07) is 9.55. The molecular weight excluding hydrogens is 318 g/mol. The van der Waals surface area contributed by atoms with E-state index in [0.717, 1.165) is 0 Å². The minimum Gasteiger partial charge on any atom is -0.421 e. The van der Waals surface area contributed by atoms with Gasteiger partial charge in [-0.1, -0.05) is 11.6 Å². The van der Waals surface area contributed by atoms with Crippen molar-refractivity contribution in [3.05, 3.63) is 69.4 Å². The predicted molar refractivity (Wildman–Crippen MR) is 84.5 cm³/mol. The molecule has 0 bridgehead atoms. The van der Waals surface area contributed by atoms with Gasteiger partial charge in [0.05, 0.1) is 6.54 Å². The zero-order valence-corrected chi connectivity index (χ0v) is 12.9. The molecule has 7 heteroatoms. The summed E-state index contributed by atoms with van der Waals surface area (Å²) in [5.41, 5.74) is 0.698. The molecule has 3 rings (SSSR count). The van der Waals surface area contributed by atoms with E-state index in [0.29, 0.717) is 22.0 Å². The van der Waals surface area contributed by atoms with Crippen LogP contribution in [0.3, 0.4) is 0 Å². The summed E-state index contributed by atoms with van der Waals surface area (Å²) in [6.45, 7) is 1.62. The van der Waals surface area contributed by atoms with Crippen LogP contribution in [0.25, 0.3) is 11.5 Å². The normalized spacial score (nSPS) is 10.7. The van der Waals surface area contributed by atoms with E-state index in [-0.39, 0.29) is 23.8 Å². The number of carbonyl (C=O) groups is 1. The lowest BCUT2D eigenvalue weighted by Gasteiger charge is -2.05. The molecule has 2 aromatic heterocycles. The van der Waals surface area contributed by atoms with E-state index in [2.05, 4.69) is 10.2 Å². The molecule has 0 aliphatic heterocycles. The molecule has 0 atom stereocenters. The molecule has 0 fully saturated rings. The van der Waals surface area contributed by atoms with Crippen molar-refractivity contribution < 1.29 is 9.21 Å². The largest absolute Gasteiger partial charge is 0.421 e. The fourth-order valence-corrected chi connectivity index (χ4v) is 2.19. The number of halogens is 1. The number of ketones is 1. The van der Waals surface area contributed by atoms with Crippen molar-refractivity contribution in [2.24, 2.45) is 0 Å². The summed E-state index contributed by atoms with van der Waals surface area (Å²) >= 11 is 5.79. The first-order valence-corrected chi connectivity index (χ1v) is 7.20. The molecule has 3 aromatic rings. The summed E-state index contributed by atoms with van der Waals surface area (Å²) in [5, 5.41) is 8.13. The van der Waals surface area contributed by atoms with Gasteiger partial charge in [-0.15, -0.1) is 10.2 Å². The van der Waals surface area contributed by atoms with Crippen LogP contribution < -0.4 is 5.56 Å². The summed E-state index contributed by atoms with van der Waals surface area (Å²) in [7, 11) is 0. The number of benzene rings is 1. The Balaban J connectivity index is 1.82. The lowest BCUT2D eigenvalue weighted by atomic mass is 10.1. The number of Topliss-reactive ketones (excluding diaryl/α,β-unsaturated/α-hetero) is 1. The first kappa shape index (κ1) is 15.2. The molecule has 0 radical (unpaired) electrons. The van der Waals surface area contributed by atoms with Gasteiger partial charge in [-0.2, -0.15) is 0 Å². The standard InChI is InChI=1S/C16H12ClN3O3/c1-10-18-19-16(23-10)12-6-7-20(15(22)8-12)9-14(21)11-2-4-13(17)5-3-11/h2-8H,9H2,1H3. The fourth-order valence-electron chi connectivity index (χ4n) is 2.07. The highest BCUT2D eigenvalue weighted by molar-refractivity contribution is 6.30. The molecule has 0 spiro atoms. The Morgan fingerprint density at radius 2 is 1.96 bits per heavy atom. The Hall–Kier alpha value is -2.73. The lowest BCUT2D eigenvalue weighted by molar-refractivity contribution is 0.0971. The van der Waals surface area contributed by atoms with Gasteiger partial charge < -0.3 is 8.98 Å². The third-order valence-corrected chi connectivity index (χ3v) is 3.50. The Morgan fingerprint density at radius 3 is 2.57 bits per heavy atom. The van der Waals surface area contributed by atoms with Crippen LogP contribution in [0.2, 0.25) is 5.02 Å². The molecule has 0 N–H and O–H groups in total. The van der Waals surface area contributed by atoms with Gasteiger partial charge in [0, 0.05) is 35.3 Å². The minimum atomic E-state index is -0.319. The Kier molecular flexibility index (Phi) is 4.08. The first-order valence-electron chi connectivity index (χ1n) is 6.83. The van der Waals surface area contributed by atoms with Gasteiger partial charge in [0.15, 0.2) is 5.78 Å². The molecule has 0 saturated heterocycles. The van der Waals surface area contributed by atoms with Crippen LogP contribution >= 0.6 is 11.6 Å². The molecule has 0 aliphatic rings. The van der Waals surface area contributed by atoms with Crippen LogP contribution in [0.4, 0.5) is 0 Å². The van der Waals surface area contributed by atoms with Crippen molar-refractivity contribution in [1.82, 2.24) is 14.8 Å². The predicted octanol–water partition coefficient (Wildman–Crippen LogP) is 2.74. The van der Waals surface area contributed by atoms with Crippen LogP contribution in [-0.4, -0.2) is 20.5 Å². The average molecular weight is 330 g/mol. The van der Waals surface area contributed by atoms with E-state index in [4.69, 9.17) is 16.0 Å². The maximum absolute atomic E-state index is 12.2. The van der Waals surface area contributed by atoms with E-state index in [1.54, 1.807) is 37.3 Å². The van der Waals surface area contributed by atoms with Crippen molar-refractivity contribution in [3.8, 4) is 11.5 Å². The number of pyridine rings is 1. The molecule has 2 heterocycles. The van der Waals surface area contributed by atoms with Crippen LogP contribution in [-0.2, 0) is 6.54 Å². The quantitative estimate of drug-likeness (QED) is 0.688. The Labute approximate surface area is 136 Å². The van der Waals surface area contributed by atoms with E-state index in [1.807, 2.05) is 0 Å². The van der Waals surface area contributed by atoms with Crippen molar-refractivity contribution in [2.45, 2.75) is 13.5 Å². The third-order valence-electron chi connectivity index (χ3n) is 3.25. The van der Waals surface area contributed by atoms with E-state index in [9.17, 15) is 9.59 Å². The first-order chi connectivity index (χ1) is 11.0. The molecule has 0 amide bonds. The smallest absolute Gasteiger partial charge is 0.251 e. The number of hydrogen-bond acceptors (Lipinski definition) is 5. The zero-order chi connectivity index (χ0) is 16.4. The van der Waals surface area contributed by atoms with Crippen LogP contribution in [0.5, 0.6) is 0 Å². The van der Waals surface area contributed by atoms with Gasteiger partial charge in [0.25, 0.3) is 5.56 Å². The molecular formula is C16H12ClN3O3. The number of carbonyl (C=O) groups excluding carboxylic acids is 1. The van der Waals surface area contributed by atoms with Gasteiger partial charge in [0.1, 0.15) is 0 Å². The monoisotopic (exact) mass is 329 g/mol. The second kappa shape index (κ2) is 6.18. The average Bonchev–Trinajstić information content (AvgIpc) is 2.96. The van der Waals surface area contributed by atoms with Crippen LogP contribution in [0.1, 0.15) is 16.2 Å². The van der Waals surface area contributed by atoms with E-state index < -0.39 is 0 Å². The molecule has 6 nitrogen and oxygen atoms in total. The maximum atomic E-state index is 12.2. The van der Waals surface area contributed by atoms with Crippen LogP contribution in [0.15, 0.2) is 51.8 Å². The summed E-state index contributed by atoms with van der Waals surface area (Å²) < 4.78 is 6.60. The Bertz CT molecular complexity index is 913. The Morgan fingerprint density at radius 1 is 1.22 bits per heavy atom. The number of nitrogens with zero attached hydrogens (tertiary/aromatic N) is 3. The number of aromatic nitrogens is 3. The van der Waals surface area contributed by atoms with Crippen molar-refractivity contribution in [3.63, 3.8) is 0 Å². The molecule has 1 aromatic carbocycles. The number of hydrogen-bond donors (Lipinski definition) is 0. The van der Waals surface area contributed by atoms with Crippen molar-refractivity contribution in [2.75, 3.05) is 0 Å². The molecule has 116 valence electrons. The van der Waals surface area contributed by atoms with E-state index >= 15 is 0 Å². The van der Waals surface area contributed by atoms with Crippen LogP contribution in [0, 0.1) is 6.92 Å². The minimum absolute atomic E-state index is 0.0520. The highest BCUT2D eigenvalue weighted by Gasteiger charge is 2.11. The molecule has 0 saturated carbocycles. The highest BCUT2D eigenvalue weighted by atomic mass is 35.5. The van der Waals surface area contributed by atoms with Gasteiger partial charge in [-0.25, -0.2) is 0 Å². The topological polar surface area (TPSA) is 78.0 Å². The third kappa shape index (κ3) is 3.37. The highest BCUT2D eigenvalue weighted by Crippen LogP contribution is 2.15. The SMILES string of the molecule is Cc1nnc(-c2ccn(CC(=O)c3ccc(Cl)cc3)c(=O)c2)o1. The van der Waals surface area contributed by atoms with Gasteiger partial charge in [-0.3, -0.25) is 9.59 Å². The summed E-state index contributed by atoms with van der Waals surface area (Å²) in [4.78, 5) is 24.3. The second-order valence-electron chi connectivity index (χ2n) is 4.94. The zero-order valence-electron chi connectivity index (χ0n) is 12.2. The van der Waals surface area contributed by atoms with Crippen molar-refractivity contribution >= 4 is 17.4 Å². The maximum Gasteiger partial charge on any atom is 0.251 e. The molecule has 0 unspecified atom stereocenters. The summed E-state index contributed by atoms with van der Waals surface area (Å²) in [5.74, 6) is 0.517. The second-order valence-corrected chi connectivity index (χ2v) is 5.37. The molecule has 23 heavy (non-hydrogen) atoms. The number of aryl methyl sites for hydroxylation is 1. The number of rotatable bonds is 4. The van der Waals surface area contributed by atoms with Gasteiger partial charge >= 0.3 is 0 Å².